The highest BCUT2D eigenvalue weighted by Crippen LogP contribution is 2.36. The minimum atomic E-state index is -1.37. The third-order valence-corrected chi connectivity index (χ3v) is 7.72. The molecule has 11 heteroatoms. The number of nitrogens with zero attached hydrogens (tertiary/aromatic N) is 4. The van der Waals surface area contributed by atoms with Crippen LogP contribution in [0, 0.1) is 17.5 Å². The number of carbonyl (C=O) groups is 1. The lowest BCUT2D eigenvalue weighted by Crippen LogP contribution is -2.36. The van der Waals surface area contributed by atoms with Gasteiger partial charge in [-0.25, -0.2) is 22.9 Å². The standard InChI is InChI=1S/C28H28F3N5O3/c1-15(35-8-5-16(6-9-35)26-19(29)10-17(28(38)39)11-20(26)30)24-12-18-23(4-7-33-27(18)34(24)3)36-14-21(31)22(32-2)13-25(36)37/h4,7,10-16,32H,5-6,8-9H2,1-3H3,(H,38,39)/t15-/m1/s1. The van der Waals surface area contributed by atoms with Gasteiger partial charge in [-0.05, 0) is 63.0 Å². The highest BCUT2D eigenvalue weighted by molar-refractivity contribution is 5.88. The Morgan fingerprint density at radius 3 is 2.38 bits per heavy atom. The summed E-state index contributed by atoms with van der Waals surface area (Å²) in [4.78, 5) is 30.6. The molecule has 39 heavy (non-hydrogen) atoms. The van der Waals surface area contributed by atoms with Crippen molar-refractivity contribution >= 4 is 22.7 Å². The van der Waals surface area contributed by atoms with E-state index in [1.807, 2.05) is 24.6 Å². The van der Waals surface area contributed by atoms with Crippen LogP contribution >= 0.6 is 0 Å². The fourth-order valence-electron chi connectivity index (χ4n) is 5.58. The second-order valence-electron chi connectivity index (χ2n) is 9.83. The smallest absolute Gasteiger partial charge is 0.335 e. The van der Waals surface area contributed by atoms with Crippen LogP contribution in [0.2, 0.25) is 0 Å². The molecule has 0 bridgehead atoms. The topological polar surface area (TPSA) is 92.4 Å². The summed E-state index contributed by atoms with van der Waals surface area (Å²) in [5, 5.41) is 12.4. The highest BCUT2D eigenvalue weighted by atomic mass is 19.1. The van der Waals surface area contributed by atoms with E-state index in [1.54, 1.807) is 19.3 Å². The van der Waals surface area contributed by atoms with Crippen LogP contribution in [0.25, 0.3) is 16.7 Å². The first-order valence-corrected chi connectivity index (χ1v) is 12.6. The van der Waals surface area contributed by atoms with E-state index in [0.717, 1.165) is 24.0 Å². The van der Waals surface area contributed by atoms with E-state index >= 15 is 0 Å². The van der Waals surface area contributed by atoms with Crippen molar-refractivity contribution in [3.8, 4) is 5.69 Å². The fourth-order valence-corrected chi connectivity index (χ4v) is 5.58. The van der Waals surface area contributed by atoms with Gasteiger partial charge in [0.25, 0.3) is 5.56 Å². The molecule has 1 aromatic carbocycles. The van der Waals surface area contributed by atoms with Crippen LogP contribution in [0.3, 0.4) is 0 Å². The molecule has 2 N–H and O–H groups in total. The van der Waals surface area contributed by atoms with Crippen molar-refractivity contribution in [3.05, 3.63) is 87.4 Å². The molecule has 1 saturated heterocycles. The Kier molecular flexibility index (Phi) is 6.94. The number of pyridine rings is 2. The summed E-state index contributed by atoms with van der Waals surface area (Å²) >= 11 is 0. The summed E-state index contributed by atoms with van der Waals surface area (Å²) in [7, 11) is 3.42. The number of piperidine rings is 1. The molecule has 1 fully saturated rings. The molecule has 5 rings (SSSR count). The van der Waals surface area contributed by atoms with Crippen molar-refractivity contribution in [1.82, 2.24) is 19.0 Å². The van der Waals surface area contributed by atoms with Crippen LogP contribution in [-0.2, 0) is 7.05 Å². The summed E-state index contributed by atoms with van der Waals surface area (Å²) in [6.07, 6.45) is 3.74. The van der Waals surface area contributed by atoms with Crippen LogP contribution in [-0.4, -0.2) is 50.2 Å². The molecular weight excluding hydrogens is 511 g/mol. The average molecular weight is 540 g/mol. The number of carboxylic acid groups (broad SMARTS) is 1. The van der Waals surface area contributed by atoms with Gasteiger partial charge in [-0.3, -0.25) is 14.3 Å². The second-order valence-corrected chi connectivity index (χ2v) is 9.83. The number of aromatic carboxylic acids is 1. The van der Waals surface area contributed by atoms with Crippen molar-refractivity contribution in [3.63, 3.8) is 0 Å². The predicted molar refractivity (Wildman–Crippen MR) is 141 cm³/mol. The quantitative estimate of drug-likeness (QED) is 0.365. The van der Waals surface area contributed by atoms with Crippen LogP contribution in [0.15, 0.2) is 47.5 Å². The Morgan fingerprint density at radius 2 is 1.77 bits per heavy atom. The molecule has 3 aromatic heterocycles. The summed E-state index contributed by atoms with van der Waals surface area (Å²) in [6, 6.07) is 6.48. The predicted octanol–water partition coefficient (Wildman–Crippen LogP) is 4.82. The van der Waals surface area contributed by atoms with Crippen LogP contribution in [0.1, 0.15) is 53.3 Å². The first-order chi connectivity index (χ1) is 18.6. The third-order valence-electron chi connectivity index (χ3n) is 7.72. The number of aromatic nitrogens is 3. The van der Waals surface area contributed by atoms with Gasteiger partial charge < -0.3 is 15.0 Å². The SMILES string of the molecule is CNc1cc(=O)n(-c2ccnc3c2cc([C@@H](C)N2CCC(c4c(F)cc(C(=O)O)cc4F)CC2)n3C)cc1F. The zero-order valence-electron chi connectivity index (χ0n) is 21.7. The van der Waals surface area contributed by atoms with Gasteiger partial charge in [0.05, 0.1) is 23.1 Å². The van der Waals surface area contributed by atoms with Crippen LogP contribution in [0.4, 0.5) is 18.9 Å². The minimum Gasteiger partial charge on any atom is -0.478 e. The van der Waals surface area contributed by atoms with E-state index in [4.69, 9.17) is 5.11 Å². The first kappa shape index (κ1) is 26.5. The van der Waals surface area contributed by atoms with Gasteiger partial charge in [0.1, 0.15) is 17.3 Å². The van der Waals surface area contributed by atoms with Gasteiger partial charge in [0, 0.05) is 49.0 Å². The molecule has 0 radical (unpaired) electrons. The van der Waals surface area contributed by atoms with Crippen LogP contribution in [0.5, 0.6) is 0 Å². The molecule has 8 nitrogen and oxygen atoms in total. The molecular formula is C28H28F3N5O3. The zero-order valence-corrected chi connectivity index (χ0v) is 21.7. The average Bonchev–Trinajstić information content (AvgIpc) is 3.25. The number of likely N-dealkylation sites (tertiary alicyclic amines) is 1. The van der Waals surface area contributed by atoms with Crippen LogP contribution < -0.4 is 10.9 Å². The molecule has 4 aromatic rings. The van der Waals surface area contributed by atoms with Gasteiger partial charge in [-0.2, -0.15) is 0 Å². The van der Waals surface area contributed by atoms with Crippen molar-refractivity contribution in [2.75, 3.05) is 25.5 Å². The number of aryl methyl sites for hydroxylation is 1. The number of benzene rings is 1. The largest absolute Gasteiger partial charge is 0.478 e. The lowest BCUT2D eigenvalue weighted by Gasteiger charge is -2.36. The lowest BCUT2D eigenvalue weighted by atomic mass is 9.87. The normalized spacial score (nSPS) is 15.5. The molecule has 204 valence electrons. The number of hydrogen-bond donors (Lipinski definition) is 2. The highest BCUT2D eigenvalue weighted by Gasteiger charge is 2.30. The number of halogens is 3. The number of nitrogens with one attached hydrogen (secondary N) is 1. The van der Waals surface area contributed by atoms with E-state index in [9.17, 15) is 22.8 Å². The molecule has 1 atom stereocenters. The number of anilines is 1. The summed E-state index contributed by atoms with van der Waals surface area (Å²) in [5.74, 6) is -3.96. The van der Waals surface area contributed by atoms with E-state index < -0.39 is 29.0 Å². The molecule has 0 saturated carbocycles. The van der Waals surface area contributed by atoms with E-state index in [2.05, 4.69) is 15.2 Å². The number of fused-ring (bicyclic) bond motifs is 1. The van der Waals surface area contributed by atoms with Gasteiger partial charge in [-0.1, -0.05) is 0 Å². The maximum atomic E-state index is 14.6. The summed E-state index contributed by atoms with van der Waals surface area (Å²) in [6.45, 7) is 3.18. The van der Waals surface area contributed by atoms with Gasteiger partial charge >= 0.3 is 5.97 Å². The molecule has 1 aliphatic heterocycles. The Labute approximate surface area is 222 Å². The summed E-state index contributed by atoms with van der Waals surface area (Å²) in [5.41, 5.74) is 1.33. The minimum absolute atomic E-state index is 0.0623. The van der Waals surface area contributed by atoms with E-state index in [-0.39, 0.29) is 28.8 Å². The molecule has 0 unspecified atom stereocenters. The molecule has 0 aliphatic carbocycles. The maximum Gasteiger partial charge on any atom is 0.335 e. The molecule has 0 spiro atoms. The Balaban J connectivity index is 1.41. The van der Waals surface area contributed by atoms with Gasteiger partial charge in [0.15, 0.2) is 5.82 Å². The van der Waals surface area contributed by atoms with Crippen molar-refractivity contribution in [1.29, 1.82) is 0 Å². The van der Waals surface area contributed by atoms with E-state index in [1.165, 1.54) is 10.6 Å². The molecule has 0 amide bonds. The Bertz CT molecular complexity index is 1620. The number of carboxylic acids is 1. The fraction of sp³-hybridized carbons (Fsp3) is 0.321. The van der Waals surface area contributed by atoms with Gasteiger partial charge in [-0.15, -0.1) is 0 Å². The summed E-state index contributed by atoms with van der Waals surface area (Å²) < 4.78 is 47.0. The Morgan fingerprint density at radius 1 is 1.10 bits per heavy atom. The second kappa shape index (κ2) is 10.2. The number of rotatable bonds is 6. The van der Waals surface area contributed by atoms with E-state index in [0.29, 0.717) is 42.7 Å². The molecule has 4 heterocycles. The monoisotopic (exact) mass is 539 g/mol. The van der Waals surface area contributed by atoms with Crippen molar-refractivity contribution < 1.29 is 23.1 Å². The van der Waals surface area contributed by atoms with Crippen molar-refractivity contribution in [2.24, 2.45) is 7.05 Å². The number of hydrogen-bond acceptors (Lipinski definition) is 5. The van der Waals surface area contributed by atoms with Crippen molar-refractivity contribution in [2.45, 2.75) is 31.7 Å². The first-order valence-electron chi connectivity index (χ1n) is 12.6. The lowest BCUT2D eigenvalue weighted by molar-refractivity contribution is 0.0695. The Hall–Kier alpha value is -4.12. The third kappa shape index (κ3) is 4.67. The zero-order chi connectivity index (χ0) is 28.0. The van der Waals surface area contributed by atoms with Gasteiger partial charge in [0.2, 0.25) is 0 Å². The maximum absolute atomic E-state index is 14.6. The molecule has 1 aliphatic rings.